The van der Waals surface area contributed by atoms with Gasteiger partial charge in [0, 0.05) is 34.9 Å². The number of piperidine rings is 1. The first-order valence-corrected chi connectivity index (χ1v) is 14.9. The predicted octanol–water partition coefficient (Wildman–Crippen LogP) is 7.19. The molecule has 2 fully saturated rings. The van der Waals surface area contributed by atoms with Crippen LogP contribution in [0.15, 0.2) is 60.3 Å². The van der Waals surface area contributed by atoms with Gasteiger partial charge in [-0.3, -0.25) is 9.59 Å². The molecular weight excluding hydrogens is 525 g/mol. The lowest BCUT2D eigenvalue weighted by molar-refractivity contribution is -0.123. The zero-order chi connectivity index (χ0) is 28.4. The molecule has 212 valence electrons. The SMILES string of the molecule is Cc1ccc(NC(=O)[C@H]2CCCN(C(=O)c3c(C)cccc3F)[C@H]2C2C=CC(NC3CCCC3C)=CC2)cc1Cl. The summed E-state index contributed by atoms with van der Waals surface area (Å²) in [5.41, 5.74) is 3.35. The van der Waals surface area contributed by atoms with E-state index in [9.17, 15) is 14.0 Å². The highest BCUT2D eigenvalue weighted by atomic mass is 35.5. The number of likely N-dealkylation sites (tertiary alicyclic amines) is 1. The number of carbonyl (C=O) groups is 2. The van der Waals surface area contributed by atoms with Crippen LogP contribution in [-0.4, -0.2) is 35.3 Å². The average molecular weight is 564 g/mol. The normalized spacial score (nSPS) is 26.4. The van der Waals surface area contributed by atoms with E-state index < -0.39 is 17.8 Å². The molecule has 2 aromatic rings. The van der Waals surface area contributed by atoms with Gasteiger partial charge < -0.3 is 15.5 Å². The molecule has 5 nitrogen and oxygen atoms in total. The van der Waals surface area contributed by atoms with Crippen LogP contribution in [0.2, 0.25) is 5.02 Å². The molecule has 5 rings (SSSR count). The lowest BCUT2D eigenvalue weighted by atomic mass is 9.77. The summed E-state index contributed by atoms with van der Waals surface area (Å²) in [7, 11) is 0. The number of carbonyl (C=O) groups excluding carboxylic acids is 2. The van der Waals surface area contributed by atoms with Crippen molar-refractivity contribution in [3.8, 4) is 0 Å². The maximum atomic E-state index is 14.9. The van der Waals surface area contributed by atoms with Gasteiger partial charge >= 0.3 is 0 Å². The Morgan fingerprint density at radius 2 is 1.88 bits per heavy atom. The van der Waals surface area contributed by atoms with Crippen LogP contribution in [-0.2, 0) is 4.79 Å². The minimum absolute atomic E-state index is 0.0692. The van der Waals surface area contributed by atoms with Gasteiger partial charge in [-0.15, -0.1) is 0 Å². The highest BCUT2D eigenvalue weighted by Crippen LogP contribution is 2.36. The summed E-state index contributed by atoms with van der Waals surface area (Å²) in [4.78, 5) is 29.4. The van der Waals surface area contributed by atoms with E-state index in [-0.39, 0.29) is 23.3 Å². The Morgan fingerprint density at radius 3 is 2.55 bits per heavy atom. The standard InChI is InChI=1S/C33H39ClFN3O2/c1-20-12-15-25(19-27(20)34)37-32(39)26-9-6-18-38(33(40)30-22(3)8-4-10-28(30)35)31(26)23-13-16-24(17-14-23)36-29-11-5-7-21(29)2/h4,8,10,12-13,15-17,19,21,23,26,29,31,36H,5-7,9,11,14,18H2,1-3H3,(H,37,39)/t21?,23?,26-,29?,31-/m0/s1. The summed E-state index contributed by atoms with van der Waals surface area (Å²) in [6, 6.07) is 10.2. The number of hydrogen-bond donors (Lipinski definition) is 2. The second-order valence-electron chi connectivity index (χ2n) is 11.7. The minimum Gasteiger partial charge on any atom is -0.382 e. The second-order valence-corrected chi connectivity index (χ2v) is 12.1. The fourth-order valence-electron chi connectivity index (χ4n) is 6.59. The zero-order valence-electron chi connectivity index (χ0n) is 23.6. The first-order chi connectivity index (χ1) is 19.2. The molecule has 5 atom stereocenters. The van der Waals surface area contributed by atoms with Crippen molar-refractivity contribution in [3.05, 3.63) is 87.9 Å². The van der Waals surface area contributed by atoms with E-state index in [1.165, 1.54) is 25.3 Å². The summed E-state index contributed by atoms with van der Waals surface area (Å²) < 4.78 is 14.9. The average Bonchev–Trinajstić information content (AvgIpc) is 3.34. The Balaban J connectivity index is 1.42. The maximum absolute atomic E-state index is 14.9. The fraction of sp³-hybridized carbons (Fsp3) is 0.455. The maximum Gasteiger partial charge on any atom is 0.257 e. The molecule has 1 saturated heterocycles. The molecule has 3 aliphatic rings. The van der Waals surface area contributed by atoms with E-state index in [1.807, 2.05) is 19.1 Å². The molecule has 2 amide bonds. The fourth-order valence-corrected chi connectivity index (χ4v) is 6.77. The van der Waals surface area contributed by atoms with Crippen molar-refractivity contribution < 1.29 is 14.0 Å². The van der Waals surface area contributed by atoms with E-state index in [1.54, 1.807) is 30.0 Å². The van der Waals surface area contributed by atoms with Gasteiger partial charge in [0.25, 0.3) is 5.91 Å². The Hall–Kier alpha value is -3.12. The molecule has 40 heavy (non-hydrogen) atoms. The molecule has 3 unspecified atom stereocenters. The third-order valence-corrected chi connectivity index (χ3v) is 9.35. The zero-order valence-corrected chi connectivity index (χ0v) is 24.3. The topological polar surface area (TPSA) is 61.4 Å². The van der Waals surface area contributed by atoms with Crippen molar-refractivity contribution in [2.45, 2.75) is 71.4 Å². The number of halogens is 2. The monoisotopic (exact) mass is 563 g/mol. The number of benzene rings is 2. The smallest absolute Gasteiger partial charge is 0.257 e. The number of anilines is 1. The van der Waals surface area contributed by atoms with Crippen molar-refractivity contribution in [3.63, 3.8) is 0 Å². The van der Waals surface area contributed by atoms with Crippen molar-refractivity contribution in [2.75, 3.05) is 11.9 Å². The molecule has 0 aromatic heterocycles. The van der Waals surface area contributed by atoms with Crippen molar-refractivity contribution in [1.82, 2.24) is 10.2 Å². The van der Waals surface area contributed by atoms with Crippen LogP contribution in [0.1, 0.15) is 66.9 Å². The number of allylic oxidation sites excluding steroid dienone is 2. The third-order valence-electron chi connectivity index (χ3n) is 8.94. The highest BCUT2D eigenvalue weighted by Gasteiger charge is 2.43. The molecule has 0 radical (unpaired) electrons. The molecule has 7 heteroatoms. The van der Waals surface area contributed by atoms with Gasteiger partial charge in [0.1, 0.15) is 5.82 Å². The van der Waals surface area contributed by atoms with Crippen LogP contribution < -0.4 is 10.6 Å². The van der Waals surface area contributed by atoms with Gasteiger partial charge in [0.15, 0.2) is 0 Å². The van der Waals surface area contributed by atoms with Gasteiger partial charge in [0.2, 0.25) is 5.91 Å². The molecule has 1 aliphatic heterocycles. The van der Waals surface area contributed by atoms with Crippen LogP contribution >= 0.6 is 11.6 Å². The summed E-state index contributed by atoms with van der Waals surface area (Å²) in [6.45, 7) is 6.45. The largest absolute Gasteiger partial charge is 0.382 e. The number of nitrogens with one attached hydrogen (secondary N) is 2. The molecule has 1 heterocycles. The van der Waals surface area contributed by atoms with Gasteiger partial charge in [-0.05, 0) is 87.3 Å². The summed E-state index contributed by atoms with van der Waals surface area (Å²) in [5.74, 6) is -0.893. The van der Waals surface area contributed by atoms with Crippen molar-refractivity contribution in [2.24, 2.45) is 17.8 Å². The highest BCUT2D eigenvalue weighted by molar-refractivity contribution is 6.31. The summed E-state index contributed by atoms with van der Waals surface area (Å²) >= 11 is 6.32. The van der Waals surface area contributed by atoms with Crippen LogP contribution in [0.4, 0.5) is 10.1 Å². The van der Waals surface area contributed by atoms with E-state index in [2.05, 4.69) is 35.8 Å². The van der Waals surface area contributed by atoms with Crippen LogP contribution in [0, 0.1) is 37.4 Å². The Labute approximate surface area is 241 Å². The van der Waals surface area contributed by atoms with E-state index in [0.717, 1.165) is 11.3 Å². The minimum atomic E-state index is -0.527. The van der Waals surface area contributed by atoms with Crippen molar-refractivity contribution >= 4 is 29.1 Å². The Morgan fingerprint density at radius 1 is 1.05 bits per heavy atom. The summed E-state index contributed by atoms with van der Waals surface area (Å²) in [5, 5.41) is 7.33. The van der Waals surface area contributed by atoms with Gasteiger partial charge in [-0.25, -0.2) is 4.39 Å². The molecule has 2 aliphatic carbocycles. The first kappa shape index (κ1) is 28.4. The molecule has 2 N–H and O–H groups in total. The lowest BCUT2D eigenvalue weighted by Gasteiger charge is -2.44. The van der Waals surface area contributed by atoms with Crippen LogP contribution in [0.5, 0.6) is 0 Å². The lowest BCUT2D eigenvalue weighted by Crippen LogP contribution is -2.55. The Kier molecular flexibility index (Phi) is 8.65. The van der Waals surface area contributed by atoms with Gasteiger partial charge in [-0.2, -0.15) is 0 Å². The van der Waals surface area contributed by atoms with E-state index in [0.29, 0.717) is 54.0 Å². The molecule has 0 bridgehead atoms. The van der Waals surface area contributed by atoms with Crippen LogP contribution in [0.25, 0.3) is 0 Å². The number of hydrogen-bond acceptors (Lipinski definition) is 3. The number of aryl methyl sites for hydroxylation is 2. The van der Waals surface area contributed by atoms with E-state index >= 15 is 0 Å². The number of rotatable bonds is 6. The molecule has 0 spiro atoms. The quantitative estimate of drug-likeness (QED) is 0.391. The molecular formula is C33H39ClFN3O2. The third kappa shape index (κ3) is 5.97. The number of nitrogens with zero attached hydrogens (tertiary/aromatic N) is 1. The Bertz CT molecular complexity index is 1320. The first-order valence-electron chi connectivity index (χ1n) is 14.5. The summed E-state index contributed by atoms with van der Waals surface area (Å²) in [6.07, 6.45) is 12.1. The predicted molar refractivity (Wildman–Crippen MR) is 159 cm³/mol. The van der Waals surface area contributed by atoms with Gasteiger partial charge in [0.05, 0.1) is 17.5 Å². The second kappa shape index (κ2) is 12.2. The number of amides is 2. The van der Waals surface area contributed by atoms with E-state index in [4.69, 9.17) is 11.6 Å². The molecule has 2 aromatic carbocycles. The van der Waals surface area contributed by atoms with Gasteiger partial charge in [-0.1, -0.05) is 55.3 Å². The van der Waals surface area contributed by atoms with Crippen LogP contribution in [0.3, 0.4) is 0 Å². The van der Waals surface area contributed by atoms with Crippen molar-refractivity contribution in [1.29, 1.82) is 0 Å². The molecule has 1 saturated carbocycles.